The van der Waals surface area contributed by atoms with Crippen molar-refractivity contribution in [1.82, 2.24) is 4.90 Å². The number of nitrogens with zero attached hydrogens (tertiary/aromatic N) is 1. The summed E-state index contributed by atoms with van der Waals surface area (Å²) in [5.41, 5.74) is 6.06. The van der Waals surface area contributed by atoms with Crippen LogP contribution in [0.5, 0.6) is 0 Å². The molecule has 1 saturated carbocycles. The molecule has 1 aliphatic carbocycles. The molecule has 1 saturated heterocycles. The summed E-state index contributed by atoms with van der Waals surface area (Å²) in [6.45, 7) is 2.72. The molecule has 0 atom stereocenters. The normalized spacial score (nSPS) is 26.7. The lowest BCUT2D eigenvalue weighted by molar-refractivity contribution is -0.185. The summed E-state index contributed by atoms with van der Waals surface area (Å²) in [7, 11) is 0. The van der Waals surface area contributed by atoms with E-state index in [0.717, 1.165) is 19.4 Å². The van der Waals surface area contributed by atoms with Crippen LogP contribution in [0.2, 0.25) is 0 Å². The molecule has 0 unspecified atom stereocenters. The van der Waals surface area contributed by atoms with E-state index in [0.29, 0.717) is 19.6 Å². The van der Waals surface area contributed by atoms with Gasteiger partial charge < -0.3 is 10.6 Å². The van der Waals surface area contributed by atoms with Crippen LogP contribution in [0.3, 0.4) is 0 Å². The molecule has 0 aromatic heterocycles. The minimum atomic E-state index is -4.01. The standard InChI is InChI=1S/C13H23F3N2/c14-13(15,16)11-3-7-18(8-4-11)10-12(9-17)5-1-2-6-12/h11H,1-10,17H2. The fourth-order valence-corrected chi connectivity index (χ4v) is 3.44. The van der Waals surface area contributed by atoms with E-state index in [1.807, 2.05) is 0 Å². The monoisotopic (exact) mass is 264 g/mol. The van der Waals surface area contributed by atoms with E-state index in [2.05, 4.69) is 4.90 Å². The number of halogens is 3. The van der Waals surface area contributed by atoms with Crippen molar-refractivity contribution in [3.63, 3.8) is 0 Å². The fourth-order valence-electron chi connectivity index (χ4n) is 3.44. The summed E-state index contributed by atoms with van der Waals surface area (Å²) in [5.74, 6) is -1.09. The molecule has 5 heteroatoms. The molecule has 1 aliphatic heterocycles. The lowest BCUT2D eigenvalue weighted by Gasteiger charge is -2.39. The first-order valence-corrected chi connectivity index (χ1v) is 6.94. The third-order valence-corrected chi connectivity index (χ3v) is 4.71. The number of hydrogen-bond donors (Lipinski definition) is 1. The van der Waals surface area contributed by atoms with Gasteiger partial charge in [-0.2, -0.15) is 13.2 Å². The smallest absolute Gasteiger partial charge is 0.330 e. The number of nitrogens with two attached hydrogens (primary N) is 1. The zero-order chi connectivity index (χ0) is 13.2. The van der Waals surface area contributed by atoms with Gasteiger partial charge in [0.25, 0.3) is 0 Å². The van der Waals surface area contributed by atoms with Crippen LogP contribution in [0, 0.1) is 11.3 Å². The van der Waals surface area contributed by atoms with Crippen molar-refractivity contribution in [3.8, 4) is 0 Å². The molecule has 2 N–H and O–H groups in total. The molecular formula is C13H23F3N2. The maximum absolute atomic E-state index is 12.6. The molecule has 2 aliphatic rings. The zero-order valence-corrected chi connectivity index (χ0v) is 10.8. The van der Waals surface area contributed by atoms with Crippen LogP contribution in [0.15, 0.2) is 0 Å². The van der Waals surface area contributed by atoms with Gasteiger partial charge in [-0.15, -0.1) is 0 Å². The average molecular weight is 264 g/mol. The van der Waals surface area contributed by atoms with Crippen molar-refractivity contribution in [2.45, 2.75) is 44.7 Å². The van der Waals surface area contributed by atoms with Gasteiger partial charge in [0.1, 0.15) is 0 Å². The highest BCUT2D eigenvalue weighted by molar-refractivity contribution is 4.90. The Hall–Kier alpha value is -0.290. The Morgan fingerprint density at radius 1 is 1.11 bits per heavy atom. The third-order valence-electron chi connectivity index (χ3n) is 4.71. The summed E-state index contributed by atoms with van der Waals surface area (Å²) < 4.78 is 37.7. The first-order chi connectivity index (χ1) is 8.45. The highest BCUT2D eigenvalue weighted by Crippen LogP contribution is 2.40. The predicted octanol–water partition coefficient (Wildman–Crippen LogP) is 2.78. The maximum atomic E-state index is 12.6. The minimum absolute atomic E-state index is 0.186. The van der Waals surface area contributed by atoms with Gasteiger partial charge in [-0.3, -0.25) is 0 Å². The molecule has 0 radical (unpaired) electrons. The number of rotatable bonds is 3. The molecule has 1 heterocycles. The van der Waals surface area contributed by atoms with E-state index >= 15 is 0 Å². The topological polar surface area (TPSA) is 29.3 Å². The van der Waals surface area contributed by atoms with Crippen LogP contribution in [0.25, 0.3) is 0 Å². The van der Waals surface area contributed by atoms with Gasteiger partial charge in [0.05, 0.1) is 5.92 Å². The van der Waals surface area contributed by atoms with Gasteiger partial charge >= 0.3 is 6.18 Å². The maximum Gasteiger partial charge on any atom is 0.391 e. The average Bonchev–Trinajstić information content (AvgIpc) is 2.78. The van der Waals surface area contributed by atoms with Gasteiger partial charge in [-0.1, -0.05) is 12.8 Å². The molecular weight excluding hydrogens is 241 g/mol. The Bertz CT molecular complexity index is 264. The molecule has 18 heavy (non-hydrogen) atoms. The van der Waals surface area contributed by atoms with Gasteiger partial charge in [-0.05, 0) is 50.7 Å². The number of hydrogen-bond acceptors (Lipinski definition) is 2. The van der Waals surface area contributed by atoms with E-state index < -0.39 is 12.1 Å². The van der Waals surface area contributed by atoms with Gasteiger partial charge in [-0.25, -0.2) is 0 Å². The Balaban J connectivity index is 1.83. The fraction of sp³-hybridized carbons (Fsp3) is 1.00. The SMILES string of the molecule is NCC1(CN2CCC(C(F)(F)F)CC2)CCCC1. The summed E-state index contributed by atoms with van der Waals surface area (Å²) in [6.07, 6.45) is 1.22. The van der Waals surface area contributed by atoms with E-state index in [1.54, 1.807) is 0 Å². The molecule has 0 aromatic rings. The number of likely N-dealkylation sites (tertiary alicyclic amines) is 1. The second-order valence-corrected chi connectivity index (χ2v) is 6.00. The van der Waals surface area contributed by atoms with Crippen LogP contribution in [-0.4, -0.2) is 37.3 Å². The Morgan fingerprint density at radius 2 is 1.67 bits per heavy atom. The summed E-state index contributed by atoms with van der Waals surface area (Å²) >= 11 is 0. The lowest BCUT2D eigenvalue weighted by atomic mass is 9.84. The van der Waals surface area contributed by atoms with Crippen molar-refractivity contribution < 1.29 is 13.2 Å². The van der Waals surface area contributed by atoms with Crippen LogP contribution in [0.1, 0.15) is 38.5 Å². The first kappa shape index (κ1) is 14.1. The highest BCUT2D eigenvalue weighted by atomic mass is 19.4. The first-order valence-electron chi connectivity index (χ1n) is 6.94. The zero-order valence-electron chi connectivity index (χ0n) is 10.8. The van der Waals surface area contributed by atoms with Gasteiger partial charge in [0.2, 0.25) is 0 Å². The van der Waals surface area contributed by atoms with Crippen LogP contribution in [-0.2, 0) is 0 Å². The van der Waals surface area contributed by atoms with E-state index in [9.17, 15) is 13.2 Å². The molecule has 106 valence electrons. The Morgan fingerprint density at radius 3 is 2.11 bits per heavy atom. The summed E-state index contributed by atoms with van der Waals surface area (Å²) in [5, 5.41) is 0. The molecule has 0 aromatic carbocycles. The van der Waals surface area contributed by atoms with Gasteiger partial charge in [0.15, 0.2) is 0 Å². The van der Waals surface area contributed by atoms with Crippen LogP contribution >= 0.6 is 0 Å². The van der Waals surface area contributed by atoms with Crippen molar-refractivity contribution in [1.29, 1.82) is 0 Å². The Labute approximate surface area is 107 Å². The highest BCUT2D eigenvalue weighted by Gasteiger charge is 2.42. The minimum Gasteiger partial charge on any atom is -0.330 e. The second-order valence-electron chi connectivity index (χ2n) is 6.00. The van der Waals surface area contributed by atoms with Crippen LogP contribution in [0.4, 0.5) is 13.2 Å². The van der Waals surface area contributed by atoms with E-state index in [1.165, 1.54) is 12.8 Å². The van der Waals surface area contributed by atoms with E-state index in [-0.39, 0.29) is 18.3 Å². The van der Waals surface area contributed by atoms with Crippen molar-refractivity contribution in [3.05, 3.63) is 0 Å². The second kappa shape index (κ2) is 5.37. The molecule has 2 rings (SSSR count). The molecule has 2 fully saturated rings. The lowest BCUT2D eigenvalue weighted by Crippen LogP contribution is -2.46. The van der Waals surface area contributed by atoms with Crippen molar-refractivity contribution in [2.75, 3.05) is 26.2 Å². The van der Waals surface area contributed by atoms with Crippen molar-refractivity contribution in [2.24, 2.45) is 17.1 Å². The largest absolute Gasteiger partial charge is 0.391 e. The Kier molecular flexibility index (Phi) is 4.22. The van der Waals surface area contributed by atoms with E-state index in [4.69, 9.17) is 5.73 Å². The molecule has 2 nitrogen and oxygen atoms in total. The van der Waals surface area contributed by atoms with Crippen molar-refractivity contribution >= 4 is 0 Å². The summed E-state index contributed by atoms with van der Waals surface area (Å²) in [6, 6.07) is 0. The molecule has 0 bridgehead atoms. The van der Waals surface area contributed by atoms with Crippen LogP contribution < -0.4 is 5.73 Å². The molecule has 0 amide bonds. The quantitative estimate of drug-likeness (QED) is 0.849. The molecule has 0 spiro atoms. The summed E-state index contributed by atoms with van der Waals surface area (Å²) in [4.78, 5) is 2.19. The number of piperidine rings is 1. The third kappa shape index (κ3) is 3.18. The predicted molar refractivity (Wildman–Crippen MR) is 65.2 cm³/mol. The van der Waals surface area contributed by atoms with Gasteiger partial charge in [0, 0.05) is 6.54 Å². The number of alkyl halides is 3.